The van der Waals surface area contributed by atoms with E-state index >= 15 is 0 Å². The number of benzene rings is 3. The van der Waals surface area contributed by atoms with Crippen LogP contribution in [-0.2, 0) is 9.84 Å². The number of hydrogen-bond acceptors (Lipinski definition) is 3. The fourth-order valence-corrected chi connectivity index (χ4v) is 3.81. The van der Waals surface area contributed by atoms with Crippen molar-refractivity contribution in [3.8, 4) is 16.9 Å². The number of phenolic OH excluding ortho intramolecular Hbond substituents is 1. The molecule has 0 aliphatic heterocycles. The van der Waals surface area contributed by atoms with Crippen LogP contribution in [0.3, 0.4) is 0 Å². The van der Waals surface area contributed by atoms with Crippen LogP contribution < -0.4 is 0 Å². The SMILES string of the molecule is O=S(=O)(c1ccccc1)c1ccccc1-c1ccc(O)cc1. The Balaban J connectivity index is 2.19. The third-order valence-electron chi connectivity index (χ3n) is 3.41. The lowest BCUT2D eigenvalue weighted by molar-refractivity contribution is 0.475. The van der Waals surface area contributed by atoms with E-state index in [1.807, 2.05) is 0 Å². The molecular formula is C18H14O3S. The van der Waals surface area contributed by atoms with Gasteiger partial charge in [0.1, 0.15) is 5.75 Å². The summed E-state index contributed by atoms with van der Waals surface area (Å²) in [6.07, 6.45) is 0. The molecule has 0 radical (unpaired) electrons. The van der Waals surface area contributed by atoms with Gasteiger partial charge in [0.05, 0.1) is 9.79 Å². The van der Waals surface area contributed by atoms with E-state index < -0.39 is 9.84 Å². The Bertz CT molecular complexity index is 883. The zero-order valence-electron chi connectivity index (χ0n) is 11.7. The molecule has 0 amide bonds. The van der Waals surface area contributed by atoms with Gasteiger partial charge in [0.15, 0.2) is 0 Å². The Morgan fingerprint density at radius 3 is 1.95 bits per heavy atom. The summed E-state index contributed by atoms with van der Waals surface area (Å²) in [6.45, 7) is 0. The van der Waals surface area contributed by atoms with Crippen molar-refractivity contribution >= 4 is 9.84 Å². The second-order valence-electron chi connectivity index (χ2n) is 4.86. The molecule has 0 aromatic heterocycles. The second-order valence-corrected chi connectivity index (χ2v) is 6.78. The lowest BCUT2D eigenvalue weighted by Gasteiger charge is -2.11. The van der Waals surface area contributed by atoms with Gasteiger partial charge in [-0.05, 0) is 35.9 Å². The molecule has 3 rings (SSSR count). The van der Waals surface area contributed by atoms with Gasteiger partial charge >= 0.3 is 0 Å². The average Bonchev–Trinajstić information content (AvgIpc) is 2.56. The van der Waals surface area contributed by atoms with Crippen molar-refractivity contribution in [2.45, 2.75) is 9.79 Å². The van der Waals surface area contributed by atoms with Crippen LogP contribution in [0.4, 0.5) is 0 Å². The van der Waals surface area contributed by atoms with Crippen molar-refractivity contribution in [1.82, 2.24) is 0 Å². The molecule has 0 fully saturated rings. The Hall–Kier alpha value is -2.59. The molecule has 0 unspecified atom stereocenters. The summed E-state index contributed by atoms with van der Waals surface area (Å²) >= 11 is 0. The summed E-state index contributed by atoms with van der Waals surface area (Å²) < 4.78 is 25.7. The Morgan fingerprint density at radius 2 is 1.27 bits per heavy atom. The summed E-state index contributed by atoms with van der Waals surface area (Å²) in [7, 11) is -3.59. The van der Waals surface area contributed by atoms with E-state index in [1.165, 1.54) is 0 Å². The number of rotatable bonds is 3. The normalized spacial score (nSPS) is 11.3. The van der Waals surface area contributed by atoms with Gasteiger partial charge in [0.25, 0.3) is 0 Å². The molecule has 0 saturated heterocycles. The van der Waals surface area contributed by atoms with Crippen LogP contribution in [0.5, 0.6) is 5.75 Å². The third kappa shape index (κ3) is 2.61. The van der Waals surface area contributed by atoms with Crippen molar-refractivity contribution in [3.05, 3.63) is 78.9 Å². The Labute approximate surface area is 129 Å². The fraction of sp³-hybridized carbons (Fsp3) is 0. The van der Waals surface area contributed by atoms with E-state index in [1.54, 1.807) is 78.9 Å². The molecule has 4 heteroatoms. The molecule has 0 aliphatic carbocycles. The van der Waals surface area contributed by atoms with E-state index in [0.717, 1.165) is 5.56 Å². The number of aromatic hydroxyl groups is 1. The minimum atomic E-state index is -3.59. The first kappa shape index (κ1) is 14.4. The van der Waals surface area contributed by atoms with Crippen molar-refractivity contribution in [2.24, 2.45) is 0 Å². The van der Waals surface area contributed by atoms with E-state index in [4.69, 9.17) is 0 Å². The second kappa shape index (κ2) is 5.66. The van der Waals surface area contributed by atoms with Crippen LogP contribution in [0.25, 0.3) is 11.1 Å². The first-order valence-electron chi connectivity index (χ1n) is 6.77. The highest BCUT2D eigenvalue weighted by atomic mass is 32.2. The molecular weight excluding hydrogens is 296 g/mol. The van der Waals surface area contributed by atoms with Gasteiger partial charge in [-0.1, -0.05) is 48.5 Å². The van der Waals surface area contributed by atoms with E-state index in [-0.39, 0.29) is 15.5 Å². The maximum absolute atomic E-state index is 12.8. The average molecular weight is 310 g/mol. The number of phenols is 1. The predicted octanol–water partition coefficient (Wildman–Crippen LogP) is 3.89. The van der Waals surface area contributed by atoms with Crippen molar-refractivity contribution in [1.29, 1.82) is 0 Å². The molecule has 0 heterocycles. The molecule has 1 N–H and O–H groups in total. The molecule has 0 bridgehead atoms. The minimum absolute atomic E-state index is 0.146. The molecule has 0 atom stereocenters. The van der Waals surface area contributed by atoms with E-state index in [0.29, 0.717) is 5.56 Å². The molecule has 3 aromatic carbocycles. The quantitative estimate of drug-likeness (QED) is 0.798. The van der Waals surface area contributed by atoms with E-state index in [2.05, 4.69) is 0 Å². The summed E-state index contributed by atoms with van der Waals surface area (Å²) in [5.74, 6) is 0.146. The Kier molecular flexibility index (Phi) is 3.69. The lowest BCUT2D eigenvalue weighted by Crippen LogP contribution is -2.03. The summed E-state index contributed by atoms with van der Waals surface area (Å²) in [5, 5.41) is 9.39. The zero-order chi connectivity index (χ0) is 15.6. The van der Waals surface area contributed by atoms with Gasteiger partial charge in [0.2, 0.25) is 9.84 Å². The van der Waals surface area contributed by atoms with Crippen LogP contribution in [0.1, 0.15) is 0 Å². The van der Waals surface area contributed by atoms with Gasteiger partial charge in [-0.3, -0.25) is 0 Å². The van der Waals surface area contributed by atoms with Crippen LogP contribution in [-0.4, -0.2) is 13.5 Å². The predicted molar refractivity (Wildman–Crippen MR) is 85.4 cm³/mol. The van der Waals surface area contributed by atoms with Gasteiger partial charge in [0, 0.05) is 5.56 Å². The van der Waals surface area contributed by atoms with Crippen molar-refractivity contribution in [2.75, 3.05) is 0 Å². The van der Waals surface area contributed by atoms with Crippen molar-refractivity contribution in [3.63, 3.8) is 0 Å². The smallest absolute Gasteiger partial charge is 0.207 e. The third-order valence-corrected chi connectivity index (χ3v) is 5.24. The Morgan fingerprint density at radius 1 is 0.682 bits per heavy atom. The van der Waals surface area contributed by atoms with Crippen LogP contribution in [0.2, 0.25) is 0 Å². The highest BCUT2D eigenvalue weighted by molar-refractivity contribution is 7.91. The summed E-state index contributed by atoms with van der Waals surface area (Å²) in [6, 6.07) is 21.7. The molecule has 3 nitrogen and oxygen atoms in total. The molecule has 0 saturated carbocycles. The number of hydrogen-bond donors (Lipinski definition) is 1. The van der Waals surface area contributed by atoms with Gasteiger partial charge in [-0.2, -0.15) is 0 Å². The first-order valence-corrected chi connectivity index (χ1v) is 8.26. The van der Waals surface area contributed by atoms with Crippen LogP contribution in [0, 0.1) is 0 Å². The van der Waals surface area contributed by atoms with Crippen molar-refractivity contribution < 1.29 is 13.5 Å². The van der Waals surface area contributed by atoms with Crippen LogP contribution in [0.15, 0.2) is 88.7 Å². The maximum Gasteiger partial charge on any atom is 0.207 e. The van der Waals surface area contributed by atoms with Gasteiger partial charge in [-0.15, -0.1) is 0 Å². The number of sulfone groups is 1. The molecule has 0 spiro atoms. The maximum atomic E-state index is 12.8. The topological polar surface area (TPSA) is 54.4 Å². The standard InChI is InChI=1S/C18H14O3S/c19-15-12-10-14(11-13-15)17-8-4-5-9-18(17)22(20,21)16-6-2-1-3-7-16/h1-13,19H. The first-order chi connectivity index (χ1) is 10.6. The summed E-state index contributed by atoms with van der Waals surface area (Å²) in [5.41, 5.74) is 1.36. The van der Waals surface area contributed by atoms with Crippen LogP contribution >= 0.6 is 0 Å². The molecule has 22 heavy (non-hydrogen) atoms. The molecule has 0 aliphatic rings. The fourth-order valence-electron chi connectivity index (χ4n) is 2.31. The highest BCUT2D eigenvalue weighted by Crippen LogP contribution is 2.31. The van der Waals surface area contributed by atoms with Gasteiger partial charge < -0.3 is 5.11 Å². The summed E-state index contributed by atoms with van der Waals surface area (Å²) in [4.78, 5) is 0.521. The molecule has 3 aromatic rings. The highest BCUT2D eigenvalue weighted by Gasteiger charge is 2.21. The largest absolute Gasteiger partial charge is 0.508 e. The van der Waals surface area contributed by atoms with Gasteiger partial charge in [-0.25, -0.2) is 8.42 Å². The lowest BCUT2D eigenvalue weighted by atomic mass is 10.1. The van der Waals surface area contributed by atoms with E-state index in [9.17, 15) is 13.5 Å². The molecule has 110 valence electrons. The minimum Gasteiger partial charge on any atom is -0.508 e. The zero-order valence-corrected chi connectivity index (χ0v) is 12.5. The monoisotopic (exact) mass is 310 g/mol.